The van der Waals surface area contributed by atoms with Crippen LogP contribution in [0, 0.1) is 18.7 Å². The van der Waals surface area contributed by atoms with Crippen molar-refractivity contribution in [3.05, 3.63) is 69.8 Å². The first-order valence-corrected chi connectivity index (χ1v) is 10.9. The fraction of sp³-hybridized carbons (Fsp3) is 0.292. The number of nitrogens with zero attached hydrogens (tertiary/aromatic N) is 4. The van der Waals surface area contributed by atoms with Crippen molar-refractivity contribution >= 4 is 33.3 Å². The zero-order valence-corrected chi connectivity index (χ0v) is 18.5. The Labute approximate surface area is 189 Å². The van der Waals surface area contributed by atoms with Gasteiger partial charge in [-0.25, -0.2) is 14.4 Å². The monoisotopic (exact) mass is 450 g/mol. The van der Waals surface area contributed by atoms with Gasteiger partial charge in [-0.3, -0.25) is 9.69 Å². The van der Waals surface area contributed by atoms with E-state index >= 15 is 4.39 Å². The summed E-state index contributed by atoms with van der Waals surface area (Å²) in [5.41, 5.74) is 2.00. The molecule has 33 heavy (non-hydrogen) atoms. The predicted octanol–water partition coefficient (Wildman–Crippen LogP) is 3.42. The number of hydrogen-bond acceptors (Lipinski definition) is 6. The van der Waals surface area contributed by atoms with Gasteiger partial charge in [0.1, 0.15) is 5.52 Å². The first-order chi connectivity index (χ1) is 15.9. The molecule has 0 atom stereocenters. The van der Waals surface area contributed by atoms with Gasteiger partial charge in [0, 0.05) is 67.9 Å². The Bertz CT molecular complexity index is 1410. The van der Waals surface area contributed by atoms with Crippen molar-refractivity contribution < 1.29 is 8.78 Å². The van der Waals surface area contributed by atoms with Gasteiger partial charge >= 0.3 is 0 Å². The zero-order chi connectivity index (χ0) is 23.1. The summed E-state index contributed by atoms with van der Waals surface area (Å²) in [6.45, 7) is 4.61. The largest absolute Gasteiger partial charge is 0.371 e. The quantitative estimate of drug-likeness (QED) is 0.464. The number of aryl methyl sites for hydroxylation is 1. The van der Waals surface area contributed by atoms with Gasteiger partial charge in [0.25, 0.3) is 5.56 Å². The third-order valence-corrected chi connectivity index (χ3v) is 6.24. The third-order valence-electron chi connectivity index (χ3n) is 6.24. The lowest BCUT2D eigenvalue weighted by Gasteiger charge is -2.36. The molecule has 2 N–H and O–H groups in total. The average Bonchev–Trinajstić information content (AvgIpc) is 2.82. The second-order valence-electron chi connectivity index (χ2n) is 8.33. The van der Waals surface area contributed by atoms with Crippen LogP contribution in [0.5, 0.6) is 0 Å². The van der Waals surface area contributed by atoms with Crippen LogP contribution >= 0.6 is 0 Å². The molecule has 0 aliphatic carbocycles. The zero-order valence-electron chi connectivity index (χ0n) is 18.5. The molecule has 1 aromatic carbocycles. The molecule has 0 amide bonds. The van der Waals surface area contributed by atoms with Crippen molar-refractivity contribution in [2.45, 2.75) is 13.5 Å². The summed E-state index contributed by atoms with van der Waals surface area (Å²) in [7, 11) is 1.73. The van der Waals surface area contributed by atoms with Gasteiger partial charge in [0.05, 0.1) is 11.2 Å². The van der Waals surface area contributed by atoms with Crippen LogP contribution in [0.25, 0.3) is 21.8 Å². The number of rotatable bonds is 4. The number of anilines is 2. The molecule has 4 heterocycles. The van der Waals surface area contributed by atoms with E-state index in [1.165, 1.54) is 0 Å². The van der Waals surface area contributed by atoms with Gasteiger partial charge in [-0.1, -0.05) is 12.1 Å². The van der Waals surface area contributed by atoms with Crippen LogP contribution in [0.4, 0.5) is 20.3 Å². The van der Waals surface area contributed by atoms with Crippen molar-refractivity contribution in [2.24, 2.45) is 0 Å². The van der Waals surface area contributed by atoms with E-state index in [-0.39, 0.29) is 11.1 Å². The lowest BCUT2D eigenvalue weighted by molar-refractivity contribution is 0.246. The molecule has 170 valence electrons. The predicted molar refractivity (Wildman–Crippen MR) is 126 cm³/mol. The summed E-state index contributed by atoms with van der Waals surface area (Å²) in [6, 6.07) is 8.91. The highest BCUT2D eigenvalue weighted by atomic mass is 19.1. The molecule has 3 aromatic heterocycles. The third kappa shape index (κ3) is 3.89. The Hall–Kier alpha value is -3.59. The molecular formula is C24H24F2N6O. The number of nitrogens with one attached hydrogen (secondary N) is 2. The molecule has 1 aliphatic rings. The van der Waals surface area contributed by atoms with Gasteiger partial charge in [-0.15, -0.1) is 0 Å². The molecule has 9 heteroatoms. The first-order valence-electron chi connectivity index (χ1n) is 10.9. The SMILES string of the molecule is CNc1nccc2cc(N3CCN(Cc4ccc5cc(C)c(=O)[nH]c5c4F)CC3)c(F)nc12. The maximum atomic E-state index is 15.1. The topological polar surface area (TPSA) is 77.2 Å². The second-order valence-corrected chi connectivity index (χ2v) is 8.33. The fourth-order valence-corrected chi connectivity index (χ4v) is 4.37. The number of hydrogen-bond donors (Lipinski definition) is 2. The summed E-state index contributed by atoms with van der Waals surface area (Å²) in [5.74, 6) is -0.386. The Kier molecular flexibility index (Phi) is 5.41. The number of H-pyrrole nitrogens is 1. The van der Waals surface area contributed by atoms with Gasteiger partial charge in [-0.2, -0.15) is 4.39 Å². The van der Waals surface area contributed by atoms with Crippen molar-refractivity contribution in [2.75, 3.05) is 43.4 Å². The summed E-state index contributed by atoms with van der Waals surface area (Å²) in [5, 5.41) is 4.43. The lowest BCUT2D eigenvalue weighted by atomic mass is 10.1. The number of fused-ring (bicyclic) bond motifs is 2. The Balaban J connectivity index is 1.33. The highest BCUT2D eigenvalue weighted by Gasteiger charge is 2.22. The molecule has 4 aromatic rings. The van der Waals surface area contributed by atoms with Gasteiger partial charge in [-0.05, 0) is 25.1 Å². The number of aromatic nitrogens is 3. The number of piperazine rings is 1. The first kappa shape index (κ1) is 21.3. The molecule has 1 aliphatic heterocycles. The maximum Gasteiger partial charge on any atom is 0.251 e. The van der Waals surface area contributed by atoms with Crippen LogP contribution in [0.1, 0.15) is 11.1 Å². The minimum atomic E-state index is -0.528. The minimum Gasteiger partial charge on any atom is -0.371 e. The van der Waals surface area contributed by atoms with Crippen LogP contribution in [-0.2, 0) is 6.54 Å². The molecule has 0 spiro atoms. The van der Waals surface area contributed by atoms with E-state index in [1.807, 2.05) is 17.0 Å². The summed E-state index contributed by atoms with van der Waals surface area (Å²) >= 11 is 0. The number of pyridine rings is 3. The lowest BCUT2D eigenvalue weighted by Crippen LogP contribution is -2.46. The highest BCUT2D eigenvalue weighted by Crippen LogP contribution is 2.28. The van der Waals surface area contributed by atoms with Crippen molar-refractivity contribution in [1.82, 2.24) is 19.9 Å². The van der Waals surface area contributed by atoms with Crippen LogP contribution in [0.15, 0.2) is 41.3 Å². The van der Waals surface area contributed by atoms with Crippen molar-refractivity contribution in [3.63, 3.8) is 0 Å². The molecule has 0 bridgehead atoms. The molecule has 1 fully saturated rings. The van der Waals surface area contributed by atoms with E-state index in [9.17, 15) is 9.18 Å². The summed E-state index contributed by atoms with van der Waals surface area (Å²) in [4.78, 5) is 27.0. The van der Waals surface area contributed by atoms with Crippen molar-refractivity contribution in [3.8, 4) is 0 Å². The van der Waals surface area contributed by atoms with E-state index in [2.05, 4.69) is 25.2 Å². The maximum absolute atomic E-state index is 15.1. The second kappa shape index (κ2) is 8.40. The Morgan fingerprint density at radius 1 is 1.09 bits per heavy atom. The molecule has 0 unspecified atom stereocenters. The van der Waals surface area contributed by atoms with E-state index in [0.29, 0.717) is 66.3 Å². The highest BCUT2D eigenvalue weighted by molar-refractivity contribution is 5.90. The average molecular weight is 450 g/mol. The standard InChI is InChI=1S/C24H24F2N6O/c1-14-11-15-3-4-17(19(25)20(15)30-24(14)33)13-31-7-9-32(10-8-31)18-12-16-5-6-28-23(27-2)21(16)29-22(18)26/h3-6,11-12H,7-10,13H2,1-2H3,(H,27,28)(H,30,33). The summed E-state index contributed by atoms with van der Waals surface area (Å²) < 4.78 is 29.9. The number of benzene rings is 1. The fourth-order valence-electron chi connectivity index (χ4n) is 4.37. The molecular weight excluding hydrogens is 426 g/mol. The van der Waals surface area contributed by atoms with Crippen molar-refractivity contribution in [1.29, 1.82) is 0 Å². The molecule has 7 nitrogen and oxygen atoms in total. The smallest absolute Gasteiger partial charge is 0.251 e. The summed E-state index contributed by atoms with van der Waals surface area (Å²) in [6.07, 6.45) is 1.67. The number of halogens is 2. The van der Waals surface area contributed by atoms with Crippen LogP contribution in [0.3, 0.4) is 0 Å². The number of aromatic amines is 1. The van der Waals surface area contributed by atoms with Gasteiger partial charge < -0.3 is 15.2 Å². The molecule has 5 rings (SSSR count). The van der Waals surface area contributed by atoms with Gasteiger partial charge in [0.2, 0.25) is 5.95 Å². The van der Waals surface area contributed by atoms with E-state index < -0.39 is 11.8 Å². The van der Waals surface area contributed by atoms with E-state index in [4.69, 9.17) is 0 Å². The van der Waals surface area contributed by atoms with Crippen LogP contribution in [-0.4, -0.2) is 53.1 Å². The Morgan fingerprint density at radius 3 is 2.64 bits per heavy atom. The van der Waals surface area contributed by atoms with Crippen LogP contribution < -0.4 is 15.8 Å². The molecule has 0 saturated carbocycles. The Morgan fingerprint density at radius 2 is 1.88 bits per heavy atom. The molecule has 0 radical (unpaired) electrons. The van der Waals surface area contributed by atoms with Gasteiger partial charge in [0.15, 0.2) is 11.6 Å². The van der Waals surface area contributed by atoms with E-state index in [1.54, 1.807) is 38.4 Å². The van der Waals surface area contributed by atoms with E-state index in [0.717, 1.165) is 5.39 Å². The molecule has 1 saturated heterocycles. The van der Waals surface area contributed by atoms with Crippen LogP contribution in [0.2, 0.25) is 0 Å². The normalized spacial score (nSPS) is 14.8. The minimum absolute atomic E-state index is 0.237.